The molecule has 0 spiro atoms. The summed E-state index contributed by atoms with van der Waals surface area (Å²) in [6.45, 7) is 9.68. The number of aliphatic hydroxyl groups is 1. The Labute approximate surface area is 638 Å². The Morgan fingerprint density at radius 2 is 0.442 bits per heavy atom. The number of carbonyl (C=O) groups is 4. The molecular formula is C85H166O17P2. The molecule has 0 aliphatic carbocycles. The first-order valence-corrected chi connectivity index (χ1v) is 47.0. The van der Waals surface area contributed by atoms with Gasteiger partial charge >= 0.3 is 39.5 Å². The minimum atomic E-state index is -4.97. The fourth-order valence-electron chi connectivity index (χ4n) is 13.2. The Bertz CT molecular complexity index is 1990. The molecule has 17 nitrogen and oxygen atoms in total. The van der Waals surface area contributed by atoms with Crippen molar-refractivity contribution in [2.24, 2.45) is 11.8 Å². The molecule has 2 unspecified atom stereocenters. The predicted molar refractivity (Wildman–Crippen MR) is 428 cm³/mol. The molecule has 0 aromatic rings. The van der Waals surface area contributed by atoms with Gasteiger partial charge in [0, 0.05) is 25.7 Å². The van der Waals surface area contributed by atoms with E-state index in [9.17, 15) is 43.2 Å². The second kappa shape index (κ2) is 76.4. The Kier molecular flexibility index (Phi) is 75.0. The molecule has 0 radical (unpaired) electrons. The number of phosphoric acid groups is 2. The van der Waals surface area contributed by atoms with Crippen LogP contribution >= 0.6 is 15.6 Å². The average molecular weight is 1520 g/mol. The Hall–Kier alpha value is -1.94. The summed E-state index contributed by atoms with van der Waals surface area (Å²) < 4.78 is 68.9. The number of esters is 4. The molecule has 19 heteroatoms. The third-order valence-electron chi connectivity index (χ3n) is 20.0. The molecule has 0 amide bonds. The van der Waals surface area contributed by atoms with E-state index in [4.69, 9.17) is 37.0 Å². The van der Waals surface area contributed by atoms with Gasteiger partial charge in [-0.2, -0.15) is 0 Å². The van der Waals surface area contributed by atoms with Crippen molar-refractivity contribution in [3.63, 3.8) is 0 Å². The van der Waals surface area contributed by atoms with Gasteiger partial charge < -0.3 is 33.8 Å². The molecule has 0 rings (SSSR count). The van der Waals surface area contributed by atoms with Crippen LogP contribution in [0.25, 0.3) is 0 Å². The second-order valence-corrected chi connectivity index (χ2v) is 34.4. The normalized spacial score (nSPS) is 13.8. The van der Waals surface area contributed by atoms with E-state index in [0.29, 0.717) is 25.7 Å². The fraction of sp³-hybridized carbons (Fsp3) is 0.953. The van der Waals surface area contributed by atoms with Crippen LogP contribution in [0.15, 0.2) is 0 Å². The van der Waals surface area contributed by atoms with Crippen molar-refractivity contribution >= 4 is 39.5 Å². The molecule has 0 heterocycles. The van der Waals surface area contributed by atoms with Crippen LogP contribution in [0.1, 0.15) is 452 Å². The van der Waals surface area contributed by atoms with Crippen LogP contribution in [-0.4, -0.2) is 96.7 Å². The van der Waals surface area contributed by atoms with Crippen LogP contribution in [0.5, 0.6) is 0 Å². The summed E-state index contributed by atoms with van der Waals surface area (Å²) in [4.78, 5) is 73.2. The van der Waals surface area contributed by atoms with Crippen molar-refractivity contribution in [3.05, 3.63) is 0 Å². The number of rotatable bonds is 84. The molecule has 0 aromatic carbocycles. The first-order chi connectivity index (χ1) is 50.4. The Balaban J connectivity index is 5.24. The predicted octanol–water partition coefficient (Wildman–Crippen LogP) is 25.8. The lowest BCUT2D eigenvalue weighted by molar-refractivity contribution is -0.161. The Morgan fingerprint density at radius 1 is 0.260 bits per heavy atom. The number of carbonyl (C=O) groups excluding carboxylic acids is 4. The lowest BCUT2D eigenvalue weighted by Gasteiger charge is -2.21. The minimum Gasteiger partial charge on any atom is -0.462 e. The number of unbranched alkanes of at least 4 members (excludes halogenated alkanes) is 54. The van der Waals surface area contributed by atoms with Crippen LogP contribution < -0.4 is 0 Å². The van der Waals surface area contributed by atoms with Crippen LogP contribution in [0.2, 0.25) is 0 Å². The van der Waals surface area contributed by atoms with E-state index in [2.05, 4.69) is 41.5 Å². The van der Waals surface area contributed by atoms with Gasteiger partial charge in [-0.15, -0.1) is 0 Å². The monoisotopic (exact) mass is 1520 g/mol. The third kappa shape index (κ3) is 78.2. The van der Waals surface area contributed by atoms with Gasteiger partial charge in [0.2, 0.25) is 0 Å². The van der Waals surface area contributed by atoms with E-state index in [1.165, 1.54) is 270 Å². The molecule has 0 saturated heterocycles. The molecule has 5 atom stereocenters. The number of ether oxygens (including phenoxy) is 4. The van der Waals surface area contributed by atoms with E-state index in [1.807, 2.05) is 0 Å². The molecule has 0 fully saturated rings. The van der Waals surface area contributed by atoms with Crippen molar-refractivity contribution in [1.29, 1.82) is 0 Å². The summed E-state index contributed by atoms with van der Waals surface area (Å²) >= 11 is 0. The maximum atomic E-state index is 13.1. The highest BCUT2D eigenvalue weighted by molar-refractivity contribution is 7.47. The first kappa shape index (κ1) is 102. The summed E-state index contributed by atoms with van der Waals surface area (Å²) in [7, 11) is -9.93. The summed E-state index contributed by atoms with van der Waals surface area (Å²) in [5, 5.41) is 10.7. The summed E-state index contributed by atoms with van der Waals surface area (Å²) in [5.74, 6) is -0.545. The van der Waals surface area contributed by atoms with Gasteiger partial charge in [-0.1, -0.05) is 401 Å². The molecule has 3 N–H and O–H groups in total. The average Bonchev–Trinajstić information content (AvgIpc) is 0.908. The second-order valence-electron chi connectivity index (χ2n) is 31.5. The van der Waals surface area contributed by atoms with Gasteiger partial charge in [-0.05, 0) is 37.5 Å². The first-order valence-electron chi connectivity index (χ1n) is 44.0. The molecule has 0 aromatic heterocycles. The summed E-state index contributed by atoms with van der Waals surface area (Å²) in [5.41, 5.74) is 0. The van der Waals surface area contributed by atoms with Crippen LogP contribution in [0.3, 0.4) is 0 Å². The molecule has 0 bridgehead atoms. The largest absolute Gasteiger partial charge is 0.472 e. The standard InChI is InChI=1S/C85H166O17P2/c1-7-9-11-13-15-17-19-21-22-23-24-25-26-27-30-34-38-45-51-57-63-69-84(89)101-80(73-96-83(88)68-62-56-50-44-37-33-31-28-29-32-35-41-47-53-59-65-77(3)4)75-99-103(91,92)97-71-79(86)72-98-104(93,94)100-76-81(74-95-82(87)67-61-55-49-43-36-20-18-16-14-12-10-8-2)102-85(90)70-64-58-52-46-40-39-42-48-54-60-66-78(5)6/h77-81,86H,7-76H2,1-6H3,(H,91,92)(H,93,94)/t79-,80-,81-/m1/s1. The fourth-order valence-corrected chi connectivity index (χ4v) is 14.8. The van der Waals surface area contributed by atoms with Crippen molar-refractivity contribution in [3.8, 4) is 0 Å². The topological polar surface area (TPSA) is 237 Å². The van der Waals surface area contributed by atoms with Crippen molar-refractivity contribution in [2.75, 3.05) is 39.6 Å². The number of hydrogen-bond acceptors (Lipinski definition) is 15. The zero-order valence-electron chi connectivity index (χ0n) is 68.3. The molecule has 0 saturated carbocycles. The number of hydrogen-bond donors (Lipinski definition) is 3. The molecule has 0 aliphatic rings. The maximum Gasteiger partial charge on any atom is 0.472 e. The van der Waals surface area contributed by atoms with Gasteiger partial charge in [0.1, 0.15) is 19.3 Å². The third-order valence-corrected chi connectivity index (χ3v) is 21.9. The highest BCUT2D eigenvalue weighted by atomic mass is 31.2. The van der Waals surface area contributed by atoms with Crippen LogP contribution in [-0.2, 0) is 65.4 Å². The summed E-state index contributed by atoms with van der Waals surface area (Å²) in [6.07, 6.45) is 68.0. The SMILES string of the molecule is CCCCCCCCCCCCCCCCCCCCCCCC(=O)O[C@H](COC(=O)CCCCCCCCCCCCCCCCCC(C)C)COP(=O)(O)OC[C@@H](O)COP(=O)(O)OC[C@@H](COC(=O)CCCCCCCCCCCCCC)OC(=O)CCCCCCCCCCCCC(C)C. The molecule has 104 heavy (non-hydrogen) atoms. The van der Waals surface area contributed by atoms with E-state index < -0.39 is 97.5 Å². The van der Waals surface area contributed by atoms with Gasteiger partial charge in [-0.3, -0.25) is 37.3 Å². The van der Waals surface area contributed by atoms with E-state index in [-0.39, 0.29) is 25.7 Å². The number of phosphoric ester groups is 2. The van der Waals surface area contributed by atoms with E-state index in [1.54, 1.807) is 0 Å². The zero-order valence-corrected chi connectivity index (χ0v) is 70.1. The van der Waals surface area contributed by atoms with E-state index >= 15 is 0 Å². The van der Waals surface area contributed by atoms with Crippen molar-refractivity contribution in [2.45, 2.75) is 471 Å². The summed E-state index contributed by atoms with van der Waals surface area (Å²) in [6, 6.07) is 0. The lowest BCUT2D eigenvalue weighted by atomic mass is 10.0. The molecule has 618 valence electrons. The smallest absolute Gasteiger partial charge is 0.462 e. The lowest BCUT2D eigenvalue weighted by Crippen LogP contribution is -2.30. The van der Waals surface area contributed by atoms with Crippen LogP contribution in [0, 0.1) is 11.8 Å². The van der Waals surface area contributed by atoms with Crippen LogP contribution in [0.4, 0.5) is 0 Å². The highest BCUT2D eigenvalue weighted by Crippen LogP contribution is 2.45. The molecule has 0 aliphatic heterocycles. The van der Waals surface area contributed by atoms with E-state index in [0.717, 1.165) is 102 Å². The van der Waals surface area contributed by atoms with Gasteiger partial charge in [0.15, 0.2) is 12.2 Å². The Morgan fingerprint density at radius 3 is 0.654 bits per heavy atom. The minimum absolute atomic E-state index is 0.107. The zero-order chi connectivity index (χ0) is 76.4. The van der Waals surface area contributed by atoms with Crippen molar-refractivity contribution < 1.29 is 80.2 Å². The van der Waals surface area contributed by atoms with Gasteiger partial charge in [-0.25, -0.2) is 9.13 Å². The van der Waals surface area contributed by atoms with Gasteiger partial charge in [0.05, 0.1) is 26.4 Å². The number of aliphatic hydroxyl groups excluding tert-OH is 1. The van der Waals surface area contributed by atoms with Gasteiger partial charge in [0.25, 0.3) is 0 Å². The quantitative estimate of drug-likeness (QED) is 0.0222. The maximum absolute atomic E-state index is 13.1. The molecular weight excluding hydrogens is 1350 g/mol. The van der Waals surface area contributed by atoms with Crippen molar-refractivity contribution in [1.82, 2.24) is 0 Å². The highest BCUT2D eigenvalue weighted by Gasteiger charge is 2.30.